The Morgan fingerprint density at radius 1 is 1.46 bits per heavy atom. The number of nitrogens with zero attached hydrogens (tertiary/aromatic N) is 3. The molecule has 0 aliphatic carbocycles. The average molecular weight is 351 g/mol. The van der Waals surface area contributed by atoms with E-state index in [4.69, 9.17) is 0 Å². The number of sulfone groups is 1. The predicted octanol–water partition coefficient (Wildman–Crippen LogP) is 0.827. The molecular formula is C15H21N5O3S. The number of carbonyl (C=O) groups excluding carboxylic acids is 1. The van der Waals surface area contributed by atoms with Crippen LogP contribution in [-0.2, 0) is 16.4 Å². The Morgan fingerprint density at radius 2 is 2.21 bits per heavy atom. The molecule has 1 atom stereocenters. The predicted molar refractivity (Wildman–Crippen MR) is 89.5 cm³/mol. The van der Waals surface area contributed by atoms with Crippen molar-refractivity contribution in [2.45, 2.75) is 39.8 Å². The molecule has 0 saturated carbocycles. The van der Waals surface area contributed by atoms with Crippen LogP contribution in [0.4, 0.5) is 0 Å². The van der Waals surface area contributed by atoms with Gasteiger partial charge < -0.3 is 5.32 Å². The molecule has 1 amide bonds. The molecule has 2 N–H and O–H groups in total. The molecule has 0 unspecified atom stereocenters. The van der Waals surface area contributed by atoms with Crippen molar-refractivity contribution in [2.24, 2.45) is 0 Å². The van der Waals surface area contributed by atoms with E-state index >= 15 is 0 Å². The number of hydrogen-bond donors (Lipinski definition) is 2. The van der Waals surface area contributed by atoms with Gasteiger partial charge in [-0.05, 0) is 33.3 Å². The quantitative estimate of drug-likeness (QED) is 0.848. The minimum Gasteiger partial charge on any atom is -0.347 e. The van der Waals surface area contributed by atoms with E-state index in [0.29, 0.717) is 17.8 Å². The maximum Gasteiger partial charge on any atom is 0.269 e. The van der Waals surface area contributed by atoms with Crippen molar-refractivity contribution < 1.29 is 13.2 Å². The van der Waals surface area contributed by atoms with E-state index in [2.05, 4.69) is 20.6 Å². The highest BCUT2D eigenvalue weighted by atomic mass is 32.2. The molecule has 24 heavy (non-hydrogen) atoms. The molecule has 0 aromatic carbocycles. The Balaban J connectivity index is 1.79. The summed E-state index contributed by atoms with van der Waals surface area (Å²) >= 11 is 0. The zero-order valence-electron chi connectivity index (χ0n) is 14.0. The van der Waals surface area contributed by atoms with Gasteiger partial charge in [0.1, 0.15) is 5.69 Å². The number of hydrogen-bond acceptors (Lipinski definition) is 5. The second-order valence-electron chi connectivity index (χ2n) is 6.10. The van der Waals surface area contributed by atoms with Gasteiger partial charge in [0.2, 0.25) is 0 Å². The van der Waals surface area contributed by atoms with E-state index < -0.39 is 9.84 Å². The smallest absolute Gasteiger partial charge is 0.269 e. The molecular weight excluding hydrogens is 330 g/mol. The van der Waals surface area contributed by atoms with Crippen LogP contribution in [-0.4, -0.2) is 51.9 Å². The van der Waals surface area contributed by atoms with Gasteiger partial charge in [0, 0.05) is 23.8 Å². The highest BCUT2D eigenvalue weighted by Gasteiger charge is 2.29. The SMILES string of the molecule is CCn1nc(C)c(-c2cc(C(=O)N[C@@H]3CCS(=O)(=O)C3)[nH]n2)c1C. The summed E-state index contributed by atoms with van der Waals surface area (Å²) in [4.78, 5) is 12.3. The normalized spacial score (nSPS) is 19.5. The highest BCUT2D eigenvalue weighted by Crippen LogP contribution is 2.25. The van der Waals surface area contributed by atoms with Crippen molar-refractivity contribution in [1.29, 1.82) is 0 Å². The Bertz CT molecular complexity index is 881. The molecule has 1 fully saturated rings. The zero-order valence-corrected chi connectivity index (χ0v) is 14.8. The molecule has 2 aromatic heterocycles. The molecule has 0 spiro atoms. The number of aromatic amines is 1. The lowest BCUT2D eigenvalue weighted by atomic mass is 10.1. The first-order valence-corrected chi connectivity index (χ1v) is 9.74. The number of H-pyrrole nitrogens is 1. The minimum atomic E-state index is -3.02. The van der Waals surface area contributed by atoms with Crippen molar-refractivity contribution in [2.75, 3.05) is 11.5 Å². The van der Waals surface area contributed by atoms with Crippen LogP contribution in [0.25, 0.3) is 11.3 Å². The third-order valence-electron chi connectivity index (χ3n) is 4.33. The van der Waals surface area contributed by atoms with E-state index in [-0.39, 0.29) is 23.5 Å². The Labute approximate surface area is 140 Å². The van der Waals surface area contributed by atoms with Gasteiger partial charge in [0.05, 0.1) is 22.9 Å². The third-order valence-corrected chi connectivity index (χ3v) is 6.10. The topological polar surface area (TPSA) is 110 Å². The van der Waals surface area contributed by atoms with Crippen molar-refractivity contribution in [3.63, 3.8) is 0 Å². The first-order chi connectivity index (χ1) is 11.3. The van der Waals surface area contributed by atoms with Crippen LogP contribution in [0, 0.1) is 13.8 Å². The standard InChI is InChI=1S/C15H21N5O3S/c1-4-20-10(3)14(9(2)19-20)12-7-13(18-17-12)15(21)16-11-5-6-24(22,23)8-11/h7,11H,4-6,8H2,1-3H3,(H,16,21)(H,17,18)/t11-/m1/s1. The third kappa shape index (κ3) is 3.08. The number of aryl methyl sites for hydroxylation is 2. The van der Waals surface area contributed by atoms with Gasteiger partial charge in [0.25, 0.3) is 5.91 Å². The van der Waals surface area contributed by atoms with Crippen LogP contribution in [0.2, 0.25) is 0 Å². The molecule has 3 heterocycles. The van der Waals surface area contributed by atoms with Gasteiger partial charge in [-0.15, -0.1) is 0 Å². The van der Waals surface area contributed by atoms with E-state index in [1.807, 2.05) is 25.5 Å². The van der Waals surface area contributed by atoms with Gasteiger partial charge in [-0.3, -0.25) is 14.6 Å². The Kier molecular flexibility index (Phi) is 4.20. The summed E-state index contributed by atoms with van der Waals surface area (Å²) in [5.74, 6) is -0.212. The zero-order chi connectivity index (χ0) is 17.5. The minimum absolute atomic E-state index is 0.00121. The fourth-order valence-electron chi connectivity index (χ4n) is 3.11. The Hall–Kier alpha value is -2.16. The fourth-order valence-corrected chi connectivity index (χ4v) is 4.79. The van der Waals surface area contributed by atoms with Crippen LogP contribution < -0.4 is 5.32 Å². The van der Waals surface area contributed by atoms with Crippen molar-refractivity contribution in [3.05, 3.63) is 23.1 Å². The van der Waals surface area contributed by atoms with Crippen molar-refractivity contribution >= 4 is 15.7 Å². The Morgan fingerprint density at radius 3 is 2.79 bits per heavy atom. The lowest BCUT2D eigenvalue weighted by molar-refractivity contribution is 0.0936. The summed E-state index contributed by atoms with van der Waals surface area (Å²) in [6.07, 6.45) is 0.455. The summed E-state index contributed by atoms with van der Waals surface area (Å²) < 4.78 is 24.8. The lowest BCUT2D eigenvalue weighted by Crippen LogP contribution is -2.35. The lowest BCUT2D eigenvalue weighted by Gasteiger charge is -2.08. The molecule has 0 radical (unpaired) electrons. The summed E-state index contributed by atoms with van der Waals surface area (Å²) in [5.41, 5.74) is 3.74. The number of nitrogens with one attached hydrogen (secondary N) is 2. The number of aromatic nitrogens is 4. The molecule has 0 bridgehead atoms. The fraction of sp³-hybridized carbons (Fsp3) is 0.533. The first-order valence-electron chi connectivity index (χ1n) is 7.92. The van der Waals surface area contributed by atoms with Crippen molar-refractivity contribution in [3.8, 4) is 11.3 Å². The molecule has 3 rings (SSSR count). The van der Waals surface area contributed by atoms with E-state index in [1.165, 1.54) is 0 Å². The summed E-state index contributed by atoms with van der Waals surface area (Å²) in [6, 6.07) is 1.34. The van der Waals surface area contributed by atoms with Crippen LogP contribution in [0.5, 0.6) is 0 Å². The van der Waals surface area contributed by atoms with Gasteiger partial charge in [-0.1, -0.05) is 0 Å². The van der Waals surface area contributed by atoms with Gasteiger partial charge >= 0.3 is 0 Å². The second-order valence-corrected chi connectivity index (χ2v) is 8.33. The van der Waals surface area contributed by atoms with Gasteiger partial charge in [-0.25, -0.2) is 8.42 Å². The molecule has 1 aliphatic rings. The maximum atomic E-state index is 12.3. The highest BCUT2D eigenvalue weighted by molar-refractivity contribution is 7.91. The van der Waals surface area contributed by atoms with Crippen LogP contribution >= 0.6 is 0 Å². The van der Waals surface area contributed by atoms with Gasteiger partial charge in [0.15, 0.2) is 9.84 Å². The molecule has 130 valence electrons. The molecule has 2 aromatic rings. The van der Waals surface area contributed by atoms with E-state index in [0.717, 1.165) is 23.5 Å². The molecule has 1 saturated heterocycles. The molecule has 9 heteroatoms. The number of rotatable bonds is 4. The average Bonchev–Trinajstić information content (AvgIpc) is 3.17. The van der Waals surface area contributed by atoms with Crippen LogP contribution in [0.15, 0.2) is 6.07 Å². The largest absolute Gasteiger partial charge is 0.347 e. The van der Waals surface area contributed by atoms with Gasteiger partial charge in [-0.2, -0.15) is 10.2 Å². The number of amides is 1. The first kappa shape index (κ1) is 16.7. The summed E-state index contributed by atoms with van der Waals surface area (Å²) in [7, 11) is -3.02. The van der Waals surface area contributed by atoms with Crippen LogP contribution in [0.3, 0.4) is 0 Å². The van der Waals surface area contributed by atoms with Crippen LogP contribution in [0.1, 0.15) is 35.2 Å². The maximum absolute atomic E-state index is 12.3. The summed E-state index contributed by atoms with van der Waals surface area (Å²) in [6.45, 7) is 6.66. The second kappa shape index (κ2) is 6.04. The number of carbonyl (C=O) groups is 1. The van der Waals surface area contributed by atoms with E-state index in [9.17, 15) is 13.2 Å². The molecule has 8 nitrogen and oxygen atoms in total. The van der Waals surface area contributed by atoms with E-state index in [1.54, 1.807) is 6.07 Å². The monoisotopic (exact) mass is 351 g/mol. The summed E-state index contributed by atoms with van der Waals surface area (Å²) in [5, 5.41) is 14.2. The van der Waals surface area contributed by atoms with Crippen molar-refractivity contribution in [1.82, 2.24) is 25.3 Å². The molecule has 1 aliphatic heterocycles.